The quantitative estimate of drug-likeness (QED) is 0.777. The maximum Gasteiger partial charge on any atom is 0.335 e. The van der Waals surface area contributed by atoms with Crippen molar-refractivity contribution < 1.29 is 18.7 Å². The number of hydrogen-bond acceptors (Lipinski definition) is 4. The van der Waals surface area contributed by atoms with Gasteiger partial charge in [0.1, 0.15) is 11.3 Å². The lowest BCUT2D eigenvalue weighted by molar-refractivity contribution is 0.0697. The monoisotopic (exact) mass is 257 g/mol. The minimum absolute atomic E-state index is 0.207. The number of aromatic nitrogens is 1. The van der Waals surface area contributed by atoms with Crippen molar-refractivity contribution in [2.75, 3.05) is 0 Å². The number of aryl methyl sites for hydroxylation is 2. The van der Waals surface area contributed by atoms with Crippen LogP contribution in [0.2, 0.25) is 0 Å². The van der Waals surface area contributed by atoms with Crippen LogP contribution in [0.5, 0.6) is 0 Å². The van der Waals surface area contributed by atoms with E-state index in [0.29, 0.717) is 29.8 Å². The molecule has 5 heteroatoms. The highest BCUT2D eigenvalue weighted by molar-refractivity contribution is 5.91. The van der Waals surface area contributed by atoms with Gasteiger partial charge in [0.25, 0.3) is 0 Å². The maximum absolute atomic E-state index is 10.9. The summed E-state index contributed by atoms with van der Waals surface area (Å²) in [4.78, 5) is 15.1. The van der Waals surface area contributed by atoms with E-state index in [1.165, 1.54) is 12.1 Å². The third-order valence-electron chi connectivity index (χ3n) is 2.84. The third kappa shape index (κ3) is 2.35. The predicted molar refractivity (Wildman–Crippen MR) is 67.1 cm³/mol. The van der Waals surface area contributed by atoms with Gasteiger partial charge in [-0.25, -0.2) is 9.78 Å². The standard InChI is InChI=1S/C14H11NO4/c16-14(17)9-3-5-12-11(8-9)15-13(19-12)6-4-10-2-1-7-18-10/h1-3,5,7-8H,4,6H2,(H,16,17). The van der Waals surface area contributed by atoms with Crippen LogP contribution in [-0.2, 0) is 12.8 Å². The highest BCUT2D eigenvalue weighted by Gasteiger charge is 2.10. The summed E-state index contributed by atoms with van der Waals surface area (Å²) in [6.07, 6.45) is 2.94. The zero-order chi connectivity index (χ0) is 13.2. The number of fused-ring (bicyclic) bond motifs is 1. The summed E-state index contributed by atoms with van der Waals surface area (Å²) >= 11 is 0. The molecule has 0 aliphatic carbocycles. The Morgan fingerprint density at radius 2 is 2.16 bits per heavy atom. The molecule has 0 atom stereocenters. The molecular weight excluding hydrogens is 246 g/mol. The van der Waals surface area contributed by atoms with Crippen molar-refractivity contribution in [2.24, 2.45) is 0 Å². The van der Waals surface area contributed by atoms with Gasteiger partial charge in [-0.15, -0.1) is 0 Å². The van der Waals surface area contributed by atoms with Gasteiger partial charge in [-0.05, 0) is 30.3 Å². The van der Waals surface area contributed by atoms with Crippen molar-refractivity contribution in [2.45, 2.75) is 12.8 Å². The Bertz CT molecular complexity index is 712. The molecule has 3 aromatic rings. The van der Waals surface area contributed by atoms with E-state index >= 15 is 0 Å². The van der Waals surface area contributed by atoms with E-state index in [1.807, 2.05) is 12.1 Å². The lowest BCUT2D eigenvalue weighted by atomic mass is 10.2. The van der Waals surface area contributed by atoms with Crippen LogP contribution in [0, 0.1) is 0 Å². The van der Waals surface area contributed by atoms with E-state index in [-0.39, 0.29) is 5.56 Å². The molecule has 0 radical (unpaired) electrons. The molecule has 0 fully saturated rings. The first-order valence-corrected chi connectivity index (χ1v) is 5.87. The number of oxazole rings is 1. The number of carboxylic acids is 1. The molecule has 0 aliphatic heterocycles. The molecule has 0 spiro atoms. The summed E-state index contributed by atoms with van der Waals surface area (Å²) < 4.78 is 10.8. The fourth-order valence-corrected chi connectivity index (χ4v) is 1.90. The SMILES string of the molecule is O=C(O)c1ccc2oc(CCc3ccco3)nc2c1. The second-order valence-corrected chi connectivity index (χ2v) is 4.17. The zero-order valence-electron chi connectivity index (χ0n) is 10.00. The fourth-order valence-electron chi connectivity index (χ4n) is 1.90. The Balaban J connectivity index is 1.83. The normalized spacial score (nSPS) is 10.9. The minimum Gasteiger partial charge on any atom is -0.478 e. The summed E-state index contributed by atoms with van der Waals surface area (Å²) in [5.41, 5.74) is 1.37. The molecule has 3 rings (SSSR count). The van der Waals surface area contributed by atoms with Crippen LogP contribution in [0.1, 0.15) is 22.0 Å². The Hall–Kier alpha value is -2.56. The number of carboxylic acid groups (broad SMARTS) is 1. The van der Waals surface area contributed by atoms with Crippen molar-refractivity contribution in [1.29, 1.82) is 0 Å². The average Bonchev–Trinajstić information content (AvgIpc) is 3.04. The predicted octanol–water partition coefficient (Wildman–Crippen LogP) is 2.90. The molecule has 2 aromatic heterocycles. The van der Waals surface area contributed by atoms with Gasteiger partial charge in [0.05, 0.1) is 11.8 Å². The number of aromatic carboxylic acids is 1. The smallest absolute Gasteiger partial charge is 0.335 e. The van der Waals surface area contributed by atoms with Crippen LogP contribution < -0.4 is 0 Å². The van der Waals surface area contributed by atoms with Gasteiger partial charge < -0.3 is 13.9 Å². The van der Waals surface area contributed by atoms with Crippen molar-refractivity contribution in [1.82, 2.24) is 4.98 Å². The van der Waals surface area contributed by atoms with E-state index in [9.17, 15) is 4.79 Å². The molecule has 0 amide bonds. The molecule has 0 saturated carbocycles. The number of carbonyl (C=O) groups is 1. The average molecular weight is 257 g/mol. The summed E-state index contributed by atoms with van der Waals surface area (Å²) in [5.74, 6) is 0.476. The molecule has 0 aliphatic rings. The Labute approximate surface area is 108 Å². The molecule has 0 saturated heterocycles. The van der Waals surface area contributed by atoms with Gasteiger partial charge >= 0.3 is 5.97 Å². The van der Waals surface area contributed by atoms with E-state index in [0.717, 1.165) is 5.76 Å². The van der Waals surface area contributed by atoms with Gasteiger partial charge in [0, 0.05) is 12.8 Å². The van der Waals surface area contributed by atoms with Crippen LogP contribution in [0.25, 0.3) is 11.1 Å². The van der Waals surface area contributed by atoms with E-state index in [1.54, 1.807) is 12.3 Å². The second-order valence-electron chi connectivity index (χ2n) is 4.17. The molecule has 96 valence electrons. The Morgan fingerprint density at radius 1 is 1.26 bits per heavy atom. The highest BCUT2D eigenvalue weighted by atomic mass is 16.4. The largest absolute Gasteiger partial charge is 0.478 e. The van der Waals surface area contributed by atoms with Crippen molar-refractivity contribution in [3.8, 4) is 0 Å². The molecule has 2 heterocycles. The number of hydrogen-bond donors (Lipinski definition) is 1. The molecule has 19 heavy (non-hydrogen) atoms. The van der Waals surface area contributed by atoms with Gasteiger partial charge in [-0.3, -0.25) is 0 Å². The summed E-state index contributed by atoms with van der Waals surface area (Å²) in [6, 6.07) is 8.37. The topological polar surface area (TPSA) is 76.5 Å². The van der Waals surface area contributed by atoms with Crippen molar-refractivity contribution >= 4 is 17.1 Å². The lowest BCUT2D eigenvalue weighted by Gasteiger charge is -1.91. The van der Waals surface area contributed by atoms with Crippen LogP contribution in [0.15, 0.2) is 45.4 Å². The Morgan fingerprint density at radius 3 is 2.89 bits per heavy atom. The Kier molecular flexibility index (Phi) is 2.79. The maximum atomic E-state index is 10.9. The first-order chi connectivity index (χ1) is 9.22. The zero-order valence-corrected chi connectivity index (χ0v) is 10.00. The molecule has 0 unspecified atom stereocenters. The number of furan rings is 1. The molecule has 0 bridgehead atoms. The summed E-state index contributed by atoms with van der Waals surface area (Å²) in [7, 11) is 0. The number of benzene rings is 1. The second kappa shape index (κ2) is 4.61. The molecule has 1 N–H and O–H groups in total. The minimum atomic E-state index is -0.970. The van der Waals surface area contributed by atoms with Crippen LogP contribution in [0.4, 0.5) is 0 Å². The highest BCUT2D eigenvalue weighted by Crippen LogP contribution is 2.18. The van der Waals surface area contributed by atoms with Gasteiger partial charge in [-0.2, -0.15) is 0 Å². The van der Waals surface area contributed by atoms with Crippen molar-refractivity contribution in [3.63, 3.8) is 0 Å². The molecule has 1 aromatic carbocycles. The first-order valence-electron chi connectivity index (χ1n) is 5.87. The molecule has 5 nitrogen and oxygen atoms in total. The van der Waals surface area contributed by atoms with E-state index in [4.69, 9.17) is 13.9 Å². The van der Waals surface area contributed by atoms with Crippen LogP contribution in [-0.4, -0.2) is 16.1 Å². The van der Waals surface area contributed by atoms with Crippen LogP contribution >= 0.6 is 0 Å². The van der Waals surface area contributed by atoms with E-state index < -0.39 is 5.97 Å². The van der Waals surface area contributed by atoms with E-state index in [2.05, 4.69) is 4.98 Å². The van der Waals surface area contributed by atoms with Crippen LogP contribution in [0.3, 0.4) is 0 Å². The van der Waals surface area contributed by atoms with Gasteiger partial charge in [0.2, 0.25) is 0 Å². The summed E-state index contributed by atoms with van der Waals surface area (Å²) in [6.45, 7) is 0. The first kappa shape index (κ1) is 11.5. The number of rotatable bonds is 4. The third-order valence-corrected chi connectivity index (χ3v) is 2.84. The van der Waals surface area contributed by atoms with Gasteiger partial charge in [0.15, 0.2) is 11.5 Å². The summed E-state index contributed by atoms with van der Waals surface area (Å²) in [5, 5.41) is 8.91. The number of nitrogens with zero attached hydrogens (tertiary/aromatic N) is 1. The fraction of sp³-hybridized carbons (Fsp3) is 0.143. The molecular formula is C14H11NO4. The van der Waals surface area contributed by atoms with Crippen molar-refractivity contribution in [3.05, 3.63) is 53.8 Å². The lowest BCUT2D eigenvalue weighted by Crippen LogP contribution is -1.94. The van der Waals surface area contributed by atoms with Gasteiger partial charge in [-0.1, -0.05) is 0 Å².